The number of nitrogens with zero attached hydrogens (tertiary/aromatic N) is 1. The van der Waals surface area contributed by atoms with Gasteiger partial charge in [0.1, 0.15) is 11.3 Å². The number of hydrogen-bond acceptors (Lipinski definition) is 6. The smallest absolute Gasteiger partial charge is 0.325 e. The number of urea groups is 1. The number of amides is 4. The Morgan fingerprint density at radius 1 is 1.07 bits per heavy atom. The topological polar surface area (TPSA) is 106 Å². The Hall–Kier alpha value is -2.97. The van der Waals surface area contributed by atoms with Crippen molar-refractivity contribution in [3.63, 3.8) is 0 Å². The second-order valence-electron chi connectivity index (χ2n) is 6.56. The van der Waals surface area contributed by atoms with Crippen LogP contribution in [-0.4, -0.2) is 56.2 Å². The van der Waals surface area contributed by atoms with Gasteiger partial charge in [0.05, 0.1) is 21.3 Å². The molecule has 0 unspecified atom stereocenters. The minimum atomic E-state index is -0.944. The van der Waals surface area contributed by atoms with Crippen LogP contribution in [0.1, 0.15) is 25.8 Å². The summed E-state index contributed by atoms with van der Waals surface area (Å²) in [5.74, 6) is 0.942. The molecule has 2 rings (SSSR count). The number of imide groups is 1. The minimum absolute atomic E-state index is 0.00481. The van der Waals surface area contributed by atoms with Crippen molar-refractivity contribution in [1.82, 2.24) is 15.5 Å². The van der Waals surface area contributed by atoms with E-state index in [2.05, 4.69) is 10.6 Å². The number of hydrogen-bond donors (Lipinski definition) is 2. The lowest BCUT2D eigenvalue weighted by molar-refractivity contribution is -0.130. The van der Waals surface area contributed by atoms with Crippen LogP contribution in [0, 0.1) is 0 Å². The number of rotatable bonds is 8. The number of ether oxygens (including phenoxy) is 3. The number of carbonyl (C=O) groups is 3. The van der Waals surface area contributed by atoms with E-state index in [-0.39, 0.29) is 31.3 Å². The van der Waals surface area contributed by atoms with Crippen LogP contribution in [0.25, 0.3) is 0 Å². The van der Waals surface area contributed by atoms with Crippen molar-refractivity contribution in [1.29, 1.82) is 0 Å². The van der Waals surface area contributed by atoms with Crippen LogP contribution in [0.5, 0.6) is 17.2 Å². The molecule has 9 nitrogen and oxygen atoms in total. The normalized spacial score (nSPS) is 15.4. The van der Waals surface area contributed by atoms with Gasteiger partial charge in [-0.15, -0.1) is 0 Å². The highest BCUT2D eigenvalue weighted by Crippen LogP contribution is 2.34. The van der Waals surface area contributed by atoms with Crippen LogP contribution in [0.3, 0.4) is 0 Å². The van der Waals surface area contributed by atoms with Gasteiger partial charge in [-0.2, -0.15) is 0 Å². The van der Waals surface area contributed by atoms with Crippen LogP contribution in [0.2, 0.25) is 0 Å². The largest absolute Gasteiger partial charge is 0.496 e. The van der Waals surface area contributed by atoms with Gasteiger partial charge in [0.15, 0.2) is 11.5 Å². The van der Waals surface area contributed by atoms with Gasteiger partial charge >= 0.3 is 6.03 Å². The van der Waals surface area contributed by atoms with E-state index in [0.29, 0.717) is 22.8 Å². The van der Waals surface area contributed by atoms with Gasteiger partial charge in [0.2, 0.25) is 5.91 Å². The molecule has 0 bridgehead atoms. The molecule has 1 saturated heterocycles. The lowest BCUT2D eigenvalue weighted by Gasteiger charge is -2.16. The fourth-order valence-electron chi connectivity index (χ4n) is 2.75. The molecule has 0 atom stereocenters. The SMILES string of the molecule is COc1cc(OC)c(OC)cc1CNC(=O)CCN1C(=O)NC(C)(C)C1=O. The second-order valence-corrected chi connectivity index (χ2v) is 6.56. The predicted octanol–water partition coefficient (Wildman–Crippen LogP) is 1.05. The van der Waals surface area contributed by atoms with E-state index < -0.39 is 11.6 Å². The summed E-state index contributed by atoms with van der Waals surface area (Å²) in [7, 11) is 4.56. The summed E-state index contributed by atoms with van der Waals surface area (Å²) in [6, 6.07) is 2.91. The molecule has 0 spiro atoms. The third-order valence-corrected chi connectivity index (χ3v) is 4.27. The predicted molar refractivity (Wildman–Crippen MR) is 96.9 cm³/mol. The zero-order valence-corrected chi connectivity index (χ0v) is 16.2. The van der Waals surface area contributed by atoms with Crippen molar-refractivity contribution in [3.8, 4) is 17.2 Å². The van der Waals surface area contributed by atoms with E-state index in [1.165, 1.54) is 21.3 Å². The van der Waals surface area contributed by atoms with E-state index in [9.17, 15) is 14.4 Å². The molecular weight excluding hydrogens is 354 g/mol. The highest BCUT2D eigenvalue weighted by atomic mass is 16.5. The van der Waals surface area contributed by atoms with Gasteiger partial charge in [0.25, 0.3) is 5.91 Å². The Balaban J connectivity index is 1.96. The average Bonchev–Trinajstić information content (AvgIpc) is 2.84. The third kappa shape index (κ3) is 4.42. The maximum absolute atomic E-state index is 12.1. The zero-order valence-electron chi connectivity index (χ0n) is 16.2. The van der Waals surface area contributed by atoms with Crippen LogP contribution in [-0.2, 0) is 16.1 Å². The van der Waals surface area contributed by atoms with Crippen LogP contribution >= 0.6 is 0 Å². The van der Waals surface area contributed by atoms with E-state index >= 15 is 0 Å². The van der Waals surface area contributed by atoms with Gasteiger partial charge in [-0.05, 0) is 19.9 Å². The number of benzene rings is 1. The average molecular weight is 379 g/mol. The molecule has 2 N–H and O–H groups in total. The first-order valence-electron chi connectivity index (χ1n) is 8.43. The van der Waals surface area contributed by atoms with Crippen molar-refractivity contribution >= 4 is 17.8 Å². The van der Waals surface area contributed by atoms with Gasteiger partial charge in [0, 0.05) is 31.1 Å². The van der Waals surface area contributed by atoms with Gasteiger partial charge in [-0.3, -0.25) is 14.5 Å². The fraction of sp³-hybridized carbons (Fsp3) is 0.500. The summed E-state index contributed by atoms with van der Waals surface area (Å²) in [5.41, 5.74) is -0.236. The summed E-state index contributed by atoms with van der Waals surface area (Å²) in [6.45, 7) is 3.46. The first-order valence-corrected chi connectivity index (χ1v) is 8.43. The lowest BCUT2D eigenvalue weighted by atomic mass is 10.1. The lowest BCUT2D eigenvalue weighted by Crippen LogP contribution is -2.40. The molecule has 1 aromatic rings. The Morgan fingerprint density at radius 2 is 1.67 bits per heavy atom. The Labute approximate surface area is 157 Å². The third-order valence-electron chi connectivity index (χ3n) is 4.27. The summed E-state index contributed by atoms with van der Waals surface area (Å²) in [6.07, 6.45) is 0.00481. The molecular formula is C18H25N3O6. The molecule has 1 heterocycles. The maximum atomic E-state index is 12.1. The summed E-state index contributed by atoms with van der Waals surface area (Å²) in [5, 5.41) is 5.33. The molecule has 9 heteroatoms. The molecule has 1 aliphatic rings. The van der Waals surface area contributed by atoms with Gasteiger partial charge in [-0.1, -0.05) is 0 Å². The van der Waals surface area contributed by atoms with Crippen molar-refractivity contribution in [2.24, 2.45) is 0 Å². The first-order chi connectivity index (χ1) is 12.7. The van der Waals surface area contributed by atoms with Crippen molar-refractivity contribution in [3.05, 3.63) is 17.7 Å². The minimum Gasteiger partial charge on any atom is -0.496 e. The molecule has 4 amide bonds. The summed E-state index contributed by atoms with van der Waals surface area (Å²) >= 11 is 0. The Morgan fingerprint density at radius 3 is 2.19 bits per heavy atom. The highest BCUT2D eigenvalue weighted by molar-refractivity contribution is 6.06. The number of carbonyl (C=O) groups excluding carboxylic acids is 3. The van der Waals surface area contributed by atoms with E-state index in [1.807, 2.05) is 0 Å². The monoisotopic (exact) mass is 379 g/mol. The first kappa shape index (κ1) is 20.3. The molecule has 1 aliphatic heterocycles. The Kier molecular flexibility index (Phi) is 6.14. The molecule has 0 radical (unpaired) electrons. The van der Waals surface area contributed by atoms with Crippen molar-refractivity contribution < 1.29 is 28.6 Å². The molecule has 27 heavy (non-hydrogen) atoms. The zero-order chi connectivity index (χ0) is 20.2. The van der Waals surface area contributed by atoms with Gasteiger partial charge in [-0.25, -0.2) is 4.79 Å². The van der Waals surface area contributed by atoms with E-state index in [1.54, 1.807) is 26.0 Å². The molecule has 148 valence electrons. The molecule has 0 aliphatic carbocycles. The van der Waals surface area contributed by atoms with Crippen molar-refractivity contribution in [2.45, 2.75) is 32.4 Å². The van der Waals surface area contributed by atoms with Crippen molar-refractivity contribution in [2.75, 3.05) is 27.9 Å². The molecule has 1 fully saturated rings. The standard InChI is InChI=1S/C18H25N3O6/c1-18(2)16(23)21(17(24)20-18)7-6-15(22)19-10-11-8-13(26-4)14(27-5)9-12(11)25-3/h8-9H,6-7,10H2,1-5H3,(H,19,22)(H,20,24). The van der Waals surface area contributed by atoms with E-state index in [0.717, 1.165) is 4.90 Å². The quantitative estimate of drug-likeness (QED) is 0.654. The van der Waals surface area contributed by atoms with Gasteiger partial charge < -0.3 is 24.8 Å². The van der Waals surface area contributed by atoms with Crippen LogP contribution < -0.4 is 24.8 Å². The molecule has 0 aromatic heterocycles. The highest BCUT2D eigenvalue weighted by Gasteiger charge is 2.43. The number of methoxy groups -OCH3 is 3. The molecule has 1 aromatic carbocycles. The molecule has 0 saturated carbocycles. The second kappa shape index (κ2) is 8.15. The maximum Gasteiger partial charge on any atom is 0.325 e. The van der Waals surface area contributed by atoms with E-state index in [4.69, 9.17) is 14.2 Å². The Bertz CT molecular complexity index is 747. The fourth-order valence-corrected chi connectivity index (χ4v) is 2.75. The summed E-state index contributed by atoms with van der Waals surface area (Å²) in [4.78, 5) is 37.1. The number of nitrogens with one attached hydrogen (secondary N) is 2. The van der Waals surface area contributed by atoms with Crippen LogP contribution in [0.4, 0.5) is 4.79 Å². The summed E-state index contributed by atoms with van der Waals surface area (Å²) < 4.78 is 15.8. The van der Waals surface area contributed by atoms with Crippen LogP contribution in [0.15, 0.2) is 12.1 Å².